The molecule has 2 aromatic rings. The SMILES string of the molecule is CC(C)CN1CCC(Nc2nc(-c3ccc(C(Cl)(Cl)Cl)cc3)nc(C(Cl)(Cl)Cl)n2)CC1. The number of aromatic nitrogens is 3. The maximum atomic E-state index is 6.08. The molecule has 2 heterocycles. The third kappa shape index (κ3) is 7.36. The standard InChI is InChI=1S/C20H23Cl6N5/c1-12(2)11-31-9-7-15(8-10-31)27-18-29-16(28-17(30-18)20(24,25)26)13-3-5-14(6-4-13)19(21,22)23/h3-6,12,15H,7-11H2,1-2H3,(H,27,28,29,30). The molecule has 0 spiro atoms. The Kier molecular flexibility index (Phi) is 8.45. The van der Waals surface area contributed by atoms with Crippen LogP contribution in [0.4, 0.5) is 5.95 Å². The van der Waals surface area contributed by atoms with Gasteiger partial charge in [-0.1, -0.05) is 108 Å². The minimum absolute atomic E-state index is 0.0488. The number of hydrogen-bond donors (Lipinski definition) is 1. The highest BCUT2D eigenvalue weighted by Gasteiger charge is 2.30. The van der Waals surface area contributed by atoms with E-state index >= 15 is 0 Å². The molecule has 1 fully saturated rings. The topological polar surface area (TPSA) is 53.9 Å². The molecule has 0 saturated carbocycles. The zero-order valence-electron chi connectivity index (χ0n) is 17.1. The van der Waals surface area contributed by atoms with Crippen molar-refractivity contribution in [2.45, 2.75) is 40.3 Å². The van der Waals surface area contributed by atoms with Crippen LogP contribution in [0.2, 0.25) is 0 Å². The van der Waals surface area contributed by atoms with Gasteiger partial charge in [-0.15, -0.1) is 0 Å². The number of likely N-dealkylation sites (tertiary alicyclic amines) is 1. The smallest absolute Gasteiger partial charge is 0.250 e. The Hall–Kier alpha value is -0.270. The molecule has 0 amide bonds. The normalized spacial score (nSPS) is 16.7. The van der Waals surface area contributed by atoms with Gasteiger partial charge in [0.1, 0.15) is 0 Å². The van der Waals surface area contributed by atoms with Crippen LogP contribution in [-0.2, 0) is 7.59 Å². The second kappa shape index (κ2) is 10.3. The Morgan fingerprint density at radius 2 is 1.55 bits per heavy atom. The fraction of sp³-hybridized carbons (Fsp3) is 0.550. The van der Waals surface area contributed by atoms with Crippen molar-refractivity contribution in [3.8, 4) is 11.4 Å². The number of alkyl halides is 6. The molecule has 0 radical (unpaired) electrons. The van der Waals surface area contributed by atoms with Crippen LogP contribution in [-0.4, -0.2) is 45.5 Å². The number of nitrogens with zero attached hydrogens (tertiary/aromatic N) is 4. The molecule has 0 bridgehead atoms. The van der Waals surface area contributed by atoms with Crippen LogP contribution in [0.5, 0.6) is 0 Å². The molecule has 1 aliphatic rings. The van der Waals surface area contributed by atoms with Crippen LogP contribution in [0.3, 0.4) is 0 Å². The van der Waals surface area contributed by atoms with Gasteiger partial charge in [-0.2, -0.15) is 9.97 Å². The van der Waals surface area contributed by atoms with Crippen molar-refractivity contribution in [1.29, 1.82) is 0 Å². The third-order valence-corrected chi connectivity index (χ3v) is 6.07. The lowest BCUT2D eigenvalue weighted by molar-refractivity contribution is 0.197. The lowest BCUT2D eigenvalue weighted by Gasteiger charge is -2.33. The Labute approximate surface area is 212 Å². The van der Waals surface area contributed by atoms with Crippen molar-refractivity contribution in [2.75, 3.05) is 25.0 Å². The van der Waals surface area contributed by atoms with E-state index in [4.69, 9.17) is 69.6 Å². The van der Waals surface area contributed by atoms with Crippen LogP contribution in [0, 0.1) is 5.92 Å². The minimum Gasteiger partial charge on any atom is -0.351 e. The van der Waals surface area contributed by atoms with E-state index in [1.165, 1.54) is 0 Å². The molecular weight excluding hydrogens is 523 g/mol. The van der Waals surface area contributed by atoms with Gasteiger partial charge in [-0.05, 0) is 18.8 Å². The maximum absolute atomic E-state index is 6.08. The first kappa shape index (κ1) is 25.4. The molecule has 1 saturated heterocycles. The summed E-state index contributed by atoms with van der Waals surface area (Å²) in [5.41, 5.74) is 1.22. The molecule has 0 unspecified atom stereocenters. The summed E-state index contributed by atoms with van der Waals surface area (Å²) in [4.78, 5) is 15.7. The molecule has 11 heteroatoms. The van der Waals surface area contributed by atoms with Gasteiger partial charge in [0, 0.05) is 36.8 Å². The monoisotopic (exact) mass is 543 g/mol. The van der Waals surface area contributed by atoms with E-state index in [1.807, 2.05) is 0 Å². The van der Waals surface area contributed by atoms with E-state index < -0.39 is 7.59 Å². The Bertz CT molecular complexity index is 871. The Morgan fingerprint density at radius 1 is 0.935 bits per heavy atom. The van der Waals surface area contributed by atoms with Crippen molar-refractivity contribution in [3.63, 3.8) is 0 Å². The highest BCUT2D eigenvalue weighted by molar-refractivity contribution is 6.67. The summed E-state index contributed by atoms with van der Waals surface area (Å²) in [6.45, 7) is 7.60. The van der Waals surface area contributed by atoms with Crippen LogP contribution in [0.1, 0.15) is 38.1 Å². The summed E-state index contributed by atoms with van der Waals surface area (Å²) in [7, 11) is 0. The predicted molar refractivity (Wildman–Crippen MR) is 132 cm³/mol. The van der Waals surface area contributed by atoms with E-state index in [9.17, 15) is 0 Å². The van der Waals surface area contributed by atoms with Gasteiger partial charge in [0.25, 0.3) is 0 Å². The molecule has 3 rings (SSSR count). The van der Waals surface area contributed by atoms with E-state index in [0.29, 0.717) is 28.8 Å². The summed E-state index contributed by atoms with van der Waals surface area (Å²) in [5, 5.41) is 3.38. The molecule has 1 aliphatic heterocycles. The van der Waals surface area contributed by atoms with Gasteiger partial charge in [-0.3, -0.25) is 0 Å². The number of piperidine rings is 1. The lowest BCUT2D eigenvalue weighted by atomic mass is 10.0. The second-order valence-electron chi connectivity index (χ2n) is 7.99. The molecule has 1 aromatic heterocycles. The zero-order valence-corrected chi connectivity index (χ0v) is 21.6. The summed E-state index contributed by atoms with van der Waals surface area (Å²) in [6.07, 6.45) is 1.96. The van der Waals surface area contributed by atoms with Gasteiger partial charge < -0.3 is 10.2 Å². The first-order valence-corrected chi connectivity index (χ1v) is 12.2. The summed E-state index contributed by atoms with van der Waals surface area (Å²) in [5.74, 6) is 1.44. The molecule has 170 valence electrons. The first-order valence-electron chi connectivity index (χ1n) is 9.91. The molecule has 0 aliphatic carbocycles. The molecular formula is C20H23Cl6N5. The number of halogens is 6. The number of anilines is 1. The average Bonchev–Trinajstić information content (AvgIpc) is 2.68. The van der Waals surface area contributed by atoms with Crippen molar-refractivity contribution in [3.05, 3.63) is 35.7 Å². The Morgan fingerprint density at radius 3 is 2.06 bits per heavy atom. The Balaban J connectivity index is 1.81. The van der Waals surface area contributed by atoms with Crippen molar-refractivity contribution >= 4 is 75.6 Å². The van der Waals surface area contributed by atoms with Crippen molar-refractivity contribution in [1.82, 2.24) is 19.9 Å². The molecule has 0 atom stereocenters. The maximum Gasteiger partial charge on any atom is 0.250 e. The molecule has 1 aromatic carbocycles. The number of rotatable bonds is 5. The van der Waals surface area contributed by atoms with Crippen LogP contribution < -0.4 is 5.32 Å². The first-order chi connectivity index (χ1) is 14.4. The number of benzene rings is 1. The van der Waals surface area contributed by atoms with Crippen LogP contribution in [0.25, 0.3) is 11.4 Å². The van der Waals surface area contributed by atoms with Crippen molar-refractivity contribution < 1.29 is 0 Å². The molecule has 31 heavy (non-hydrogen) atoms. The van der Waals surface area contributed by atoms with Crippen LogP contribution in [0.15, 0.2) is 24.3 Å². The van der Waals surface area contributed by atoms with Crippen LogP contribution >= 0.6 is 69.6 Å². The van der Waals surface area contributed by atoms with Gasteiger partial charge in [-0.25, -0.2) is 4.98 Å². The second-order valence-corrected chi connectivity index (χ2v) is 12.6. The number of hydrogen-bond acceptors (Lipinski definition) is 5. The highest BCUT2D eigenvalue weighted by atomic mass is 35.6. The van der Waals surface area contributed by atoms with E-state index in [0.717, 1.165) is 32.5 Å². The molecule has 1 N–H and O–H groups in total. The quantitative estimate of drug-likeness (QED) is 0.422. The third-order valence-electron chi connectivity index (χ3n) is 4.90. The number of nitrogens with one attached hydrogen (secondary N) is 1. The fourth-order valence-electron chi connectivity index (χ4n) is 3.46. The van der Waals surface area contributed by atoms with Gasteiger partial charge in [0.15, 0.2) is 11.6 Å². The molecule has 5 nitrogen and oxygen atoms in total. The largest absolute Gasteiger partial charge is 0.351 e. The van der Waals surface area contributed by atoms with Gasteiger partial charge in [0.05, 0.1) is 0 Å². The van der Waals surface area contributed by atoms with E-state index in [2.05, 4.69) is 39.0 Å². The lowest BCUT2D eigenvalue weighted by Crippen LogP contribution is -2.41. The summed E-state index contributed by atoms with van der Waals surface area (Å²) < 4.78 is -3.30. The van der Waals surface area contributed by atoms with E-state index in [-0.39, 0.29) is 11.9 Å². The summed E-state index contributed by atoms with van der Waals surface area (Å²) in [6, 6.07) is 7.12. The van der Waals surface area contributed by atoms with Crippen molar-refractivity contribution in [2.24, 2.45) is 5.92 Å². The van der Waals surface area contributed by atoms with Gasteiger partial charge >= 0.3 is 0 Å². The predicted octanol–water partition coefficient (Wildman–Crippen LogP) is 6.72. The van der Waals surface area contributed by atoms with Gasteiger partial charge in [0.2, 0.25) is 13.5 Å². The van der Waals surface area contributed by atoms with E-state index in [1.54, 1.807) is 24.3 Å². The minimum atomic E-state index is -1.79. The average molecular weight is 546 g/mol. The fourth-order valence-corrected chi connectivity index (χ4v) is 4.09. The highest BCUT2D eigenvalue weighted by Crippen LogP contribution is 2.39. The summed E-state index contributed by atoms with van der Waals surface area (Å²) >= 11 is 36.0. The zero-order chi connectivity index (χ0) is 22.8.